The molecule has 4 heteroatoms. The highest BCUT2D eigenvalue weighted by Gasteiger charge is 2.06. The maximum atomic E-state index is 5.47. The van der Waals surface area contributed by atoms with Crippen molar-refractivity contribution in [2.75, 3.05) is 6.54 Å². The highest BCUT2D eigenvalue weighted by atomic mass is 15.2. The second kappa shape index (κ2) is 5.10. The Balaban J connectivity index is 2.21. The molecule has 2 rings (SSSR count). The Kier molecular flexibility index (Phi) is 3.54. The third kappa shape index (κ3) is 2.71. The summed E-state index contributed by atoms with van der Waals surface area (Å²) in [6.45, 7) is 4.95. The first-order valence-corrected chi connectivity index (χ1v) is 5.92. The van der Waals surface area contributed by atoms with E-state index in [1.165, 1.54) is 5.56 Å². The molecule has 2 aromatic rings. The predicted molar refractivity (Wildman–Crippen MR) is 68.7 cm³/mol. The van der Waals surface area contributed by atoms with Crippen molar-refractivity contribution in [1.29, 1.82) is 0 Å². The minimum absolute atomic E-state index is 0.545. The zero-order valence-electron chi connectivity index (χ0n) is 10.3. The van der Waals surface area contributed by atoms with Crippen LogP contribution in [-0.4, -0.2) is 21.7 Å². The van der Waals surface area contributed by atoms with E-state index in [4.69, 9.17) is 5.73 Å². The molecule has 0 radical (unpaired) electrons. The van der Waals surface area contributed by atoms with Crippen molar-refractivity contribution in [2.45, 2.75) is 26.2 Å². The van der Waals surface area contributed by atoms with Crippen LogP contribution in [-0.2, 0) is 6.42 Å². The summed E-state index contributed by atoms with van der Waals surface area (Å²) in [7, 11) is 0. The molecule has 0 saturated heterocycles. The fourth-order valence-electron chi connectivity index (χ4n) is 1.69. The lowest BCUT2D eigenvalue weighted by Crippen LogP contribution is -2.03. The summed E-state index contributed by atoms with van der Waals surface area (Å²) in [4.78, 5) is 4.40. The van der Waals surface area contributed by atoms with Crippen LogP contribution in [0.1, 0.15) is 31.2 Å². The average Bonchev–Trinajstić information content (AvgIpc) is 2.78. The van der Waals surface area contributed by atoms with Crippen molar-refractivity contribution in [1.82, 2.24) is 15.2 Å². The van der Waals surface area contributed by atoms with Crippen molar-refractivity contribution in [3.8, 4) is 11.4 Å². The second-order valence-corrected chi connectivity index (χ2v) is 4.42. The Morgan fingerprint density at radius 2 is 1.94 bits per heavy atom. The van der Waals surface area contributed by atoms with E-state index in [0.717, 1.165) is 23.6 Å². The molecule has 1 aromatic carbocycles. The molecule has 1 aromatic heterocycles. The van der Waals surface area contributed by atoms with E-state index in [0.29, 0.717) is 12.5 Å². The van der Waals surface area contributed by atoms with E-state index in [1.54, 1.807) is 0 Å². The van der Waals surface area contributed by atoms with Gasteiger partial charge in [0.2, 0.25) is 0 Å². The minimum atomic E-state index is 0.545. The quantitative estimate of drug-likeness (QED) is 0.845. The van der Waals surface area contributed by atoms with Crippen molar-refractivity contribution >= 4 is 0 Å². The van der Waals surface area contributed by atoms with Crippen molar-refractivity contribution in [3.05, 3.63) is 35.7 Å². The Hall–Kier alpha value is -1.68. The number of hydrogen-bond donors (Lipinski definition) is 2. The molecule has 0 atom stereocenters. The Bertz CT molecular complexity index is 470. The SMILES string of the molecule is CC(C)c1ccc(-c2n[nH]c(CCN)n2)cc1. The van der Waals surface area contributed by atoms with Gasteiger partial charge in [-0.05, 0) is 18.0 Å². The molecule has 0 aliphatic rings. The van der Waals surface area contributed by atoms with Gasteiger partial charge in [-0.15, -0.1) is 0 Å². The van der Waals surface area contributed by atoms with Crippen molar-refractivity contribution in [2.24, 2.45) is 5.73 Å². The van der Waals surface area contributed by atoms with Crippen LogP contribution in [0.4, 0.5) is 0 Å². The Morgan fingerprint density at radius 3 is 2.53 bits per heavy atom. The van der Waals surface area contributed by atoms with Gasteiger partial charge in [-0.1, -0.05) is 38.1 Å². The van der Waals surface area contributed by atoms with Crippen molar-refractivity contribution < 1.29 is 0 Å². The van der Waals surface area contributed by atoms with Crippen molar-refractivity contribution in [3.63, 3.8) is 0 Å². The molecule has 0 bridgehead atoms. The summed E-state index contributed by atoms with van der Waals surface area (Å²) < 4.78 is 0. The highest BCUT2D eigenvalue weighted by molar-refractivity contribution is 5.55. The third-order valence-corrected chi connectivity index (χ3v) is 2.75. The molecule has 17 heavy (non-hydrogen) atoms. The number of nitrogens with one attached hydrogen (secondary N) is 1. The lowest BCUT2D eigenvalue weighted by atomic mass is 10.0. The molecule has 4 nitrogen and oxygen atoms in total. The minimum Gasteiger partial charge on any atom is -0.330 e. The summed E-state index contributed by atoms with van der Waals surface area (Å²) in [6, 6.07) is 8.37. The lowest BCUT2D eigenvalue weighted by molar-refractivity contribution is 0.867. The summed E-state index contributed by atoms with van der Waals surface area (Å²) >= 11 is 0. The number of nitrogens with two attached hydrogens (primary N) is 1. The van der Waals surface area contributed by atoms with E-state index >= 15 is 0 Å². The normalized spacial score (nSPS) is 11.1. The Morgan fingerprint density at radius 1 is 1.24 bits per heavy atom. The number of H-pyrrole nitrogens is 1. The molecule has 0 amide bonds. The number of rotatable bonds is 4. The van der Waals surface area contributed by atoms with Gasteiger partial charge >= 0.3 is 0 Å². The molecule has 0 fully saturated rings. The number of aromatic nitrogens is 3. The summed E-state index contributed by atoms with van der Waals surface area (Å²) in [5.41, 5.74) is 7.84. The summed E-state index contributed by atoms with van der Waals surface area (Å²) in [6.07, 6.45) is 0.733. The van der Waals surface area contributed by atoms with Crippen LogP contribution < -0.4 is 5.73 Å². The molecule has 90 valence electrons. The van der Waals surface area contributed by atoms with Gasteiger partial charge in [0.25, 0.3) is 0 Å². The molecule has 0 aliphatic heterocycles. The fraction of sp³-hybridized carbons (Fsp3) is 0.385. The van der Waals surface area contributed by atoms with Gasteiger partial charge in [0.1, 0.15) is 5.82 Å². The van der Waals surface area contributed by atoms with Crippen LogP contribution in [0, 0.1) is 0 Å². The summed E-state index contributed by atoms with van der Waals surface area (Å²) in [5, 5.41) is 7.09. The maximum Gasteiger partial charge on any atom is 0.181 e. The third-order valence-electron chi connectivity index (χ3n) is 2.75. The lowest BCUT2D eigenvalue weighted by Gasteiger charge is -2.04. The monoisotopic (exact) mass is 230 g/mol. The molecule has 3 N–H and O–H groups in total. The van der Waals surface area contributed by atoms with Crippen LogP contribution in [0.25, 0.3) is 11.4 Å². The van der Waals surface area contributed by atoms with E-state index in [1.807, 2.05) is 0 Å². The van der Waals surface area contributed by atoms with Crippen LogP contribution in [0.15, 0.2) is 24.3 Å². The fourth-order valence-corrected chi connectivity index (χ4v) is 1.69. The van der Waals surface area contributed by atoms with Gasteiger partial charge in [0.05, 0.1) is 0 Å². The van der Waals surface area contributed by atoms with Crippen LogP contribution >= 0.6 is 0 Å². The first-order valence-electron chi connectivity index (χ1n) is 5.92. The largest absolute Gasteiger partial charge is 0.330 e. The van der Waals surface area contributed by atoms with E-state index in [-0.39, 0.29) is 0 Å². The Labute approximate surface area is 101 Å². The van der Waals surface area contributed by atoms with Gasteiger partial charge in [0.15, 0.2) is 5.82 Å². The van der Waals surface area contributed by atoms with Crippen LogP contribution in [0.5, 0.6) is 0 Å². The number of nitrogens with zero attached hydrogens (tertiary/aromatic N) is 2. The molecular formula is C13H18N4. The maximum absolute atomic E-state index is 5.47. The van der Waals surface area contributed by atoms with Gasteiger partial charge in [-0.25, -0.2) is 4.98 Å². The molecule has 0 spiro atoms. The predicted octanol–water partition coefficient (Wildman–Crippen LogP) is 2.10. The first-order chi connectivity index (χ1) is 8.20. The second-order valence-electron chi connectivity index (χ2n) is 4.42. The number of benzene rings is 1. The van der Waals surface area contributed by atoms with Crippen LogP contribution in [0.3, 0.4) is 0 Å². The average molecular weight is 230 g/mol. The van der Waals surface area contributed by atoms with E-state index in [9.17, 15) is 0 Å². The molecule has 0 unspecified atom stereocenters. The van der Waals surface area contributed by atoms with Gasteiger partial charge in [-0.3, -0.25) is 5.10 Å². The van der Waals surface area contributed by atoms with E-state index < -0.39 is 0 Å². The topological polar surface area (TPSA) is 67.6 Å². The molecular weight excluding hydrogens is 212 g/mol. The van der Waals surface area contributed by atoms with E-state index in [2.05, 4.69) is 53.3 Å². The van der Waals surface area contributed by atoms with Gasteiger partial charge < -0.3 is 5.73 Å². The number of hydrogen-bond acceptors (Lipinski definition) is 3. The zero-order chi connectivity index (χ0) is 12.3. The molecule has 0 saturated carbocycles. The first kappa shape index (κ1) is 11.8. The zero-order valence-corrected chi connectivity index (χ0v) is 10.3. The highest BCUT2D eigenvalue weighted by Crippen LogP contribution is 2.19. The van der Waals surface area contributed by atoms with Gasteiger partial charge in [0, 0.05) is 12.0 Å². The standard InChI is InChI=1S/C13H18N4/c1-9(2)10-3-5-11(6-4-10)13-15-12(7-8-14)16-17-13/h3-6,9H,7-8,14H2,1-2H3,(H,15,16,17). The summed E-state index contributed by atoms with van der Waals surface area (Å²) in [5.74, 6) is 2.13. The molecule has 1 heterocycles. The smallest absolute Gasteiger partial charge is 0.181 e. The van der Waals surface area contributed by atoms with Crippen LogP contribution in [0.2, 0.25) is 0 Å². The number of aromatic amines is 1. The molecule has 0 aliphatic carbocycles. The van der Waals surface area contributed by atoms with Gasteiger partial charge in [-0.2, -0.15) is 5.10 Å².